The molecule has 4 nitrogen and oxygen atoms in total. The van der Waals surface area contributed by atoms with Crippen LogP contribution in [0.15, 0.2) is 29.1 Å². The van der Waals surface area contributed by atoms with Crippen molar-refractivity contribution in [2.24, 2.45) is 0 Å². The molecule has 0 saturated heterocycles. The number of pyridine rings is 1. The number of hydrogen-bond acceptors (Lipinski definition) is 3. The fourth-order valence-corrected chi connectivity index (χ4v) is 2.12. The Balaban J connectivity index is 1.69. The zero-order valence-electron chi connectivity index (χ0n) is 11.4. The molecule has 0 unspecified atom stereocenters. The smallest absolute Gasteiger partial charge is 0.126 e. The van der Waals surface area contributed by atoms with E-state index in [9.17, 15) is 0 Å². The Morgan fingerprint density at radius 2 is 2.11 bits per heavy atom. The summed E-state index contributed by atoms with van der Waals surface area (Å²) in [6, 6.07) is 2.06. The zero-order valence-corrected chi connectivity index (χ0v) is 12.9. The van der Waals surface area contributed by atoms with Gasteiger partial charge in [-0.15, -0.1) is 0 Å². The highest BCUT2D eigenvalue weighted by Crippen LogP contribution is 2.17. The molecule has 0 aromatic carbocycles. The third-order valence-electron chi connectivity index (χ3n) is 3.10. The number of aromatic nitrogens is 3. The maximum Gasteiger partial charge on any atom is 0.126 e. The van der Waals surface area contributed by atoms with Gasteiger partial charge in [-0.3, -0.25) is 0 Å². The summed E-state index contributed by atoms with van der Waals surface area (Å²) >= 11 is 3.45. The van der Waals surface area contributed by atoms with Crippen LogP contribution in [0.2, 0.25) is 0 Å². The molecule has 0 amide bonds. The summed E-state index contributed by atoms with van der Waals surface area (Å²) in [7, 11) is 0. The number of anilines is 1. The first-order valence-corrected chi connectivity index (χ1v) is 7.30. The Morgan fingerprint density at radius 1 is 1.26 bits per heavy atom. The second kappa shape index (κ2) is 6.70. The van der Waals surface area contributed by atoms with E-state index in [0.717, 1.165) is 42.0 Å². The van der Waals surface area contributed by atoms with Crippen molar-refractivity contribution >= 4 is 21.7 Å². The van der Waals surface area contributed by atoms with Gasteiger partial charge >= 0.3 is 0 Å². The minimum absolute atomic E-state index is 0.944. The summed E-state index contributed by atoms with van der Waals surface area (Å²) in [5.41, 5.74) is 1.20. The van der Waals surface area contributed by atoms with Gasteiger partial charge in [0.15, 0.2) is 0 Å². The Kier molecular flexibility index (Phi) is 4.96. The number of aryl methyl sites for hydroxylation is 3. The van der Waals surface area contributed by atoms with E-state index in [1.165, 1.54) is 5.56 Å². The van der Waals surface area contributed by atoms with Crippen molar-refractivity contribution in [1.82, 2.24) is 14.5 Å². The lowest BCUT2D eigenvalue weighted by atomic mass is 10.3. The molecule has 2 rings (SSSR count). The molecular weight excluding hydrogens is 304 g/mol. The summed E-state index contributed by atoms with van der Waals surface area (Å²) in [6.45, 7) is 6.08. The summed E-state index contributed by atoms with van der Waals surface area (Å²) in [6.07, 6.45) is 7.98. The van der Waals surface area contributed by atoms with Gasteiger partial charge in [0.25, 0.3) is 0 Å². The van der Waals surface area contributed by atoms with Gasteiger partial charge in [-0.1, -0.05) is 0 Å². The molecule has 2 aromatic heterocycles. The van der Waals surface area contributed by atoms with Crippen LogP contribution in [0, 0.1) is 13.8 Å². The van der Waals surface area contributed by atoms with E-state index in [1.807, 2.05) is 25.5 Å². The first kappa shape index (κ1) is 14.1. The summed E-state index contributed by atoms with van der Waals surface area (Å²) < 4.78 is 3.23. The van der Waals surface area contributed by atoms with Gasteiger partial charge < -0.3 is 9.88 Å². The van der Waals surface area contributed by atoms with Gasteiger partial charge in [0.2, 0.25) is 0 Å². The predicted octanol–water partition coefficient (Wildman–Crippen LogP) is 3.55. The van der Waals surface area contributed by atoms with Crippen molar-refractivity contribution in [2.75, 3.05) is 11.9 Å². The number of unbranched alkanes of at least 4 members (excludes halogenated alkanes) is 1. The van der Waals surface area contributed by atoms with Gasteiger partial charge in [-0.25, -0.2) is 9.97 Å². The largest absolute Gasteiger partial charge is 0.370 e. The molecule has 0 bridgehead atoms. The van der Waals surface area contributed by atoms with Gasteiger partial charge in [-0.05, 0) is 54.2 Å². The highest BCUT2D eigenvalue weighted by Gasteiger charge is 1.99. The molecule has 0 aliphatic heterocycles. The quantitative estimate of drug-likeness (QED) is 0.827. The normalized spacial score (nSPS) is 10.7. The Morgan fingerprint density at radius 3 is 2.79 bits per heavy atom. The summed E-state index contributed by atoms with van der Waals surface area (Å²) in [5, 5.41) is 3.35. The van der Waals surface area contributed by atoms with Crippen molar-refractivity contribution in [2.45, 2.75) is 33.2 Å². The van der Waals surface area contributed by atoms with E-state index in [0.29, 0.717) is 0 Å². The number of halogens is 1. The number of nitrogens with one attached hydrogen (secondary N) is 1. The average molecular weight is 323 g/mol. The van der Waals surface area contributed by atoms with Crippen molar-refractivity contribution in [3.8, 4) is 0 Å². The summed E-state index contributed by atoms with van der Waals surface area (Å²) in [4.78, 5) is 8.54. The number of rotatable bonds is 6. The zero-order chi connectivity index (χ0) is 13.7. The maximum absolute atomic E-state index is 4.33. The Labute approximate surface area is 122 Å². The molecule has 19 heavy (non-hydrogen) atoms. The van der Waals surface area contributed by atoms with E-state index < -0.39 is 0 Å². The van der Waals surface area contributed by atoms with Crippen molar-refractivity contribution in [1.29, 1.82) is 0 Å². The van der Waals surface area contributed by atoms with E-state index in [-0.39, 0.29) is 0 Å². The van der Waals surface area contributed by atoms with Crippen molar-refractivity contribution in [3.05, 3.63) is 40.5 Å². The van der Waals surface area contributed by atoms with E-state index in [1.54, 1.807) is 0 Å². The van der Waals surface area contributed by atoms with Crippen LogP contribution in [-0.2, 0) is 6.54 Å². The second-order valence-corrected chi connectivity index (χ2v) is 5.47. The lowest BCUT2D eigenvalue weighted by Gasteiger charge is -2.08. The molecule has 1 N–H and O–H groups in total. The van der Waals surface area contributed by atoms with Crippen LogP contribution in [0.4, 0.5) is 5.82 Å². The van der Waals surface area contributed by atoms with Crippen LogP contribution in [0.3, 0.4) is 0 Å². The van der Waals surface area contributed by atoms with Crippen LogP contribution < -0.4 is 5.32 Å². The van der Waals surface area contributed by atoms with Crippen LogP contribution in [0.1, 0.15) is 24.2 Å². The third-order valence-corrected chi connectivity index (χ3v) is 3.93. The minimum Gasteiger partial charge on any atom is -0.370 e. The predicted molar refractivity (Wildman–Crippen MR) is 81.4 cm³/mol. The maximum atomic E-state index is 4.33. The van der Waals surface area contributed by atoms with Crippen LogP contribution in [0.5, 0.6) is 0 Å². The van der Waals surface area contributed by atoms with Crippen molar-refractivity contribution in [3.63, 3.8) is 0 Å². The van der Waals surface area contributed by atoms with E-state index in [4.69, 9.17) is 0 Å². The standard InChI is InChI=1S/C14H19BrN4/c1-11-9-14(18-10-13(11)15)17-5-3-4-7-19-8-6-16-12(19)2/h6,8-10H,3-5,7H2,1-2H3,(H,17,18). The molecule has 0 saturated carbocycles. The Bertz CT molecular complexity index is 536. The van der Waals surface area contributed by atoms with Crippen LogP contribution in [0.25, 0.3) is 0 Å². The fraction of sp³-hybridized carbons (Fsp3) is 0.429. The lowest BCUT2D eigenvalue weighted by Crippen LogP contribution is -2.06. The Hall–Kier alpha value is -1.36. The number of nitrogens with zero attached hydrogens (tertiary/aromatic N) is 3. The first-order chi connectivity index (χ1) is 9.16. The highest BCUT2D eigenvalue weighted by atomic mass is 79.9. The monoisotopic (exact) mass is 322 g/mol. The van der Waals surface area contributed by atoms with Gasteiger partial charge in [-0.2, -0.15) is 0 Å². The third kappa shape index (κ3) is 4.06. The molecule has 2 aromatic rings. The van der Waals surface area contributed by atoms with Crippen LogP contribution in [-0.4, -0.2) is 21.1 Å². The molecule has 0 radical (unpaired) electrons. The molecule has 2 heterocycles. The topological polar surface area (TPSA) is 42.7 Å². The van der Waals surface area contributed by atoms with Crippen molar-refractivity contribution < 1.29 is 0 Å². The van der Waals surface area contributed by atoms with Crippen LogP contribution >= 0.6 is 15.9 Å². The van der Waals surface area contributed by atoms with Gasteiger partial charge in [0, 0.05) is 36.2 Å². The molecule has 102 valence electrons. The average Bonchev–Trinajstić information content (AvgIpc) is 2.79. The first-order valence-electron chi connectivity index (χ1n) is 6.50. The number of hydrogen-bond donors (Lipinski definition) is 1. The fourth-order valence-electron chi connectivity index (χ4n) is 1.90. The molecule has 0 aliphatic rings. The number of imidazole rings is 1. The molecule has 0 spiro atoms. The molecular formula is C14H19BrN4. The summed E-state index contributed by atoms with van der Waals surface area (Å²) in [5.74, 6) is 2.03. The SMILES string of the molecule is Cc1cc(NCCCCn2ccnc2C)ncc1Br. The highest BCUT2D eigenvalue weighted by molar-refractivity contribution is 9.10. The van der Waals surface area contributed by atoms with Gasteiger partial charge in [0.1, 0.15) is 11.6 Å². The molecule has 0 atom stereocenters. The van der Waals surface area contributed by atoms with E-state index >= 15 is 0 Å². The molecule has 5 heteroatoms. The minimum atomic E-state index is 0.944. The molecule has 0 aliphatic carbocycles. The lowest BCUT2D eigenvalue weighted by molar-refractivity contribution is 0.607. The van der Waals surface area contributed by atoms with Gasteiger partial charge in [0.05, 0.1) is 0 Å². The van der Waals surface area contributed by atoms with E-state index in [2.05, 4.69) is 48.8 Å². The molecule has 0 fully saturated rings. The second-order valence-electron chi connectivity index (χ2n) is 4.62.